The maximum atomic E-state index is 14.9. The summed E-state index contributed by atoms with van der Waals surface area (Å²) in [6.07, 6.45) is -2.00. The lowest BCUT2D eigenvalue weighted by Gasteiger charge is -2.27. The van der Waals surface area contributed by atoms with Crippen molar-refractivity contribution >= 4 is 23.3 Å². The first-order chi connectivity index (χ1) is 13.1. The molecular formula is C20H23FO7. The summed E-state index contributed by atoms with van der Waals surface area (Å²) in [7, 11) is 1.38. The molecule has 2 rings (SSSR count). The van der Waals surface area contributed by atoms with Crippen molar-refractivity contribution in [1.82, 2.24) is 0 Å². The Hall–Kier alpha value is -2.77. The summed E-state index contributed by atoms with van der Waals surface area (Å²) in [5.41, 5.74) is -1.92. The van der Waals surface area contributed by atoms with Crippen molar-refractivity contribution < 1.29 is 38.1 Å². The Kier molecular flexibility index (Phi) is 6.53. The topological polar surface area (TPSA) is 107 Å². The van der Waals surface area contributed by atoms with Gasteiger partial charge in [0.05, 0.1) is 7.11 Å². The van der Waals surface area contributed by atoms with E-state index in [2.05, 4.69) is 0 Å². The number of ketones is 3. The van der Waals surface area contributed by atoms with Crippen LogP contribution in [0.4, 0.5) is 4.39 Å². The molecule has 1 aliphatic heterocycles. The summed E-state index contributed by atoms with van der Waals surface area (Å²) in [6.45, 7) is 2.46. The molecule has 0 bridgehead atoms. The van der Waals surface area contributed by atoms with E-state index in [1.54, 1.807) is 0 Å². The number of rotatable bonds is 1. The van der Waals surface area contributed by atoms with Crippen LogP contribution in [-0.4, -0.2) is 47.3 Å². The number of esters is 1. The monoisotopic (exact) mass is 394 g/mol. The summed E-state index contributed by atoms with van der Waals surface area (Å²) < 4.78 is 25.2. The van der Waals surface area contributed by atoms with Crippen molar-refractivity contribution in [3.05, 3.63) is 23.3 Å². The highest BCUT2D eigenvalue weighted by molar-refractivity contribution is 6.63. The standard InChI is InChI=1S/C20H23FO7/c1-11-20(2,21)8-7-15(23)18(25)14(22)6-4-5-12-9-13(27-3)10-16(24)17(12)19(26)28-11/h9-11,24H,4-8H2,1-3H3/t11-,20+/m0/s1. The summed E-state index contributed by atoms with van der Waals surface area (Å²) >= 11 is 0. The number of hydrogen-bond acceptors (Lipinski definition) is 7. The van der Waals surface area contributed by atoms with Crippen LogP contribution in [0.3, 0.4) is 0 Å². The third-order valence-electron chi connectivity index (χ3n) is 4.94. The zero-order chi connectivity index (χ0) is 21.1. The molecule has 28 heavy (non-hydrogen) atoms. The third-order valence-corrected chi connectivity index (χ3v) is 4.94. The molecule has 0 spiro atoms. The van der Waals surface area contributed by atoms with E-state index >= 15 is 0 Å². The molecule has 0 unspecified atom stereocenters. The molecule has 0 fully saturated rings. The number of hydrogen-bond donors (Lipinski definition) is 1. The van der Waals surface area contributed by atoms with Crippen molar-refractivity contribution in [2.24, 2.45) is 0 Å². The van der Waals surface area contributed by atoms with Crippen LogP contribution >= 0.6 is 0 Å². The molecule has 1 aliphatic rings. The fourth-order valence-electron chi connectivity index (χ4n) is 2.93. The van der Waals surface area contributed by atoms with Crippen molar-refractivity contribution in [1.29, 1.82) is 0 Å². The highest BCUT2D eigenvalue weighted by Crippen LogP contribution is 2.32. The first-order valence-corrected chi connectivity index (χ1v) is 8.97. The summed E-state index contributed by atoms with van der Waals surface area (Å²) in [4.78, 5) is 48.3. The molecule has 1 heterocycles. The lowest BCUT2D eigenvalue weighted by atomic mass is 9.92. The van der Waals surface area contributed by atoms with Crippen LogP contribution in [0.15, 0.2) is 12.1 Å². The Morgan fingerprint density at radius 2 is 1.79 bits per heavy atom. The van der Waals surface area contributed by atoms with E-state index in [-0.39, 0.29) is 37.0 Å². The van der Waals surface area contributed by atoms with Crippen LogP contribution in [0.5, 0.6) is 11.5 Å². The molecule has 7 nitrogen and oxygen atoms in total. The van der Waals surface area contributed by atoms with Gasteiger partial charge in [-0.15, -0.1) is 0 Å². The average Bonchev–Trinajstić information content (AvgIpc) is 2.63. The van der Waals surface area contributed by atoms with Gasteiger partial charge in [0.1, 0.15) is 28.8 Å². The predicted molar refractivity (Wildman–Crippen MR) is 96.2 cm³/mol. The Morgan fingerprint density at radius 1 is 1.14 bits per heavy atom. The Labute approximate surface area is 161 Å². The molecule has 0 amide bonds. The summed E-state index contributed by atoms with van der Waals surface area (Å²) in [6, 6.07) is 2.73. The molecule has 1 N–H and O–H groups in total. The van der Waals surface area contributed by atoms with Crippen molar-refractivity contribution in [2.75, 3.05) is 7.11 Å². The normalized spacial score (nSPS) is 24.9. The van der Waals surface area contributed by atoms with E-state index < -0.39 is 47.3 Å². The van der Waals surface area contributed by atoms with Crippen LogP contribution in [0, 0.1) is 0 Å². The number of methoxy groups -OCH3 is 1. The number of halogens is 1. The zero-order valence-corrected chi connectivity index (χ0v) is 16.0. The van der Waals surface area contributed by atoms with E-state index in [0.717, 1.165) is 6.92 Å². The lowest BCUT2D eigenvalue weighted by Crippen LogP contribution is -2.38. The largest absolute Gasteiger partial charge is 0.507 e. The van der Waals surface area contributed by atoms with Gasteiger partial charge in [-0.2, -0.15) is 0 Å². The lowest BCUT2D eigenvalue weighted by molar-refractivity contribution is -0.144. The fourth-order valence-corrected chi connectivity index (χ4v) is 2.93. The number of carbonyl (C=O) groups excluding carboxylic acids is 4. The highest BCUT2D eigenvalue weighted by atomic mass is 19.1. The van der Waals surface area contributed by atoms with Gasteiger partial charge in [-0.25, -0.2) is 9.18 Å². The number of carbonyl (C=O) groups is 4. The van der Waals surface area contributed by atoms with E-state index in [0.29, 0.717) is 5.56 Å². The Morgan fingerprint density at radius 3 is 2.43 bits per heavy atom. The van der Waals surface area contributed by atoms with Gasteiger partial charge in [0.25, 0.3) is 5.78 Å². The van der Waals surface area contributed by atoms with Crippen LogP contribution in [-0.2, 0) is 25.5 Å². The maximum Gasteiger partial charge on any atom is 0.342 e. The van der Waals surface area contributed by atoms with Gasteiger partial charge in [-0.3, -0.25) is 14.4 Å². The van der Waals surface area contributed by atoms with Crippen molar-refractivity contribution in [2.45, 2.75) is 57.7 Å². The highest BCUT2D eigenvalue weighted by Gasteiger charge is 2.37. The van der Waals surface area contributed by atoms with E-state index in [9.17, 15) is 28.7 Å². The van der Waals surface area contributed by atoms with E-state index in [1.807, 2.05) is 0 Å². The van der Waals surface area contributed by atoms with Gasteiger partial charge >= 0.3 is 5.97 Å². The number of benzene rings is 1. The molecular weight excluding hydrogens is 371 g/mol. The summed E-state index contributed by atoms with van der Waals surface area (Å²) in [5, 5.41) is 10.2. The molecule has 0 saturated heterocycles. The average molecular weight is 394 g/mol. The minimum atomic E-state index is -2.11. The molecule has 0 aliphatic carbocycles. The minimum Gasteiger partial charge on any atom is -0.507 e. The Bertz CT molecular complexity index is 813. The number of Topliss-reactive ketones (excluding diaryl/α,β-unsaturated/α-hetero) is 3. The number of fused-ring (bicyclic) bond motifs is 1. The number of aromatic hydroxyl groups is 1. The van der Waals surface area contributed by atoms with Gasteiger partial charge in [0.15, 0.2) is 0 Å². The minimum absolute atomic E-state index is 0.143. The van der Waals surface area contributed by atoms with Crippen LogP contribution in [0.2, 0.25) is 0 Å². The third kappa shape index (κ3) is 4.74. The number of alkyl halides is 1. The number of phenols is 1. The molecule has 1 aromatic carbocycles. The molecule has 0 aromatic heterocycles. The number of ether oxygens (including phenoxy) is 2. The van der Waals surface area contributed by atoms with E-state index in [1.165, 1.54) is 26.2 Å². The van der Waals surface area contributed by atoms with Crippen LogP contribution in [0.25, 0.3) is 0 Å². The van der Waals surface area contributed by atoms with Gasteiger partial charge in [-0.05, 0) is 44.7 Å². The van der Waals surface area contributed by atoms with Crippen LogP contribution in [0.1, 0.15) is 55.5 Å². The second-order valence-corrected chi connectivity index (χ2v) is 7.04. The van der Waals surface area contributed by atoms with Gasteiger partial charge < -0.3 is 14.6 Å². The van der Waals surface area contributed by atoms with Crippen LogP contribution < -0.4 is 4.74 Å². The molecule has 152 valence electrons. The summed E-state index contributed by atoms with van der Waals surface area (Å²) in [5.74, 6) is -3.98. The van der Waals surface area contributed by atoms with Crippen molar-refractivity contribution in [3.8, 4) is 11.5 Å². The zero-order valence-electron chi connectivity index (χ0n) is 16.0. The first-order valence-electron chi connectivity index (χ1n) is 8.97. The van der Waals surface area contributed by atoms with Gasteiger partial charge in [0, 0.05) is 18.9 Å². The second kappa shape index (κ2) is 8.50. The second-order valence-electron chi connectivity index (χ2n) is 7.04. The SMILES string of the molecule is COc1cc(O)c2c(c1)CCCC(=O)C(=O)C(=O)CC[C@@](C)(F)[C@H](C)OC2=O. The van der Waals surface area contributed by atoms with Crippen molar-refractivity contribution in [3.63, 3.8) is 0 Å². The fraction of sp³-hybridized carbons (Fsp3) is 0.500. The molecule has 1 aromatic rings. The quantitative estimate of drug-likeness (QED) is 0.576. The molecule has 2 atom stereocenters. The molecule has 8 heteroatoms. The smallest absolute Gasteiger partial charge is 0.342 e. The Balaban J connectivity index is 2.45. The number of cyclic esters (lactones) is 1. The molecule has 0 saturated carbocycles. The number of phenolic OH excluding ortho intramolecular Hbond substituents is 1. The number of aryl methyl sites for hydroxylation is 1. The maximum absolute atomic E-state index is 14.9. The first kappa shape index (κ1) is 21.5. The van der Waals surface area contributed by atoms with Gasteiger partial charge in [0.2, 0.25) is 11.6 Å². The van der Waals surface area contributed by atoms with E-state index in [4.69, 9.17) is 9.47 Å². The molecule has 0 radical (unpaired) electrons. The predicted octanol–water partition coefficient (Wildman–Crippen LogP) is 2.50. The van der Waals surface area contributed by atoms with Gasteiger partial charge in [-0.1, -0.05) is 0 Å².